The SMILES string of the molecule is O=C(Cc1c(F)cccc1Cl)NCCOc1ccc2ccccc2c1. The van der Waals surface area contributed by atoms with Crippen molar-refractivity contribution in [2.75, 3.05) is 13.2 Å². The molecule has 1 N–H and O–H groups in total. The first kappa shape index (κ1) is 17.2. The molecule has 0 unspecified atom stereocenters. The molecule has 0 aromatic heterocycles. The summed E-state index contributed by atoms with van der Waals surface area (Å²) in [5.41, 5.74) is 0.206. The molecule has 0 saturated carbocycles. The average Bonchev–Trinajstić information content (AvgIpc) is 2.62. The first-order valence-electron chi connectivity index (χ1n) is 7.94. The zero-order valence-corrected chi connectivity index (χ0v) is 14.2. The molecule has 3 aromatic carbocycles. The Kier molecular flexibility index (Phi) is 5.51. The van der Waals surface area contributed by atoms with Crippen LogP contribution >= 0.6 is 11.6 Å². The van der Waals surface area contributed by atoms with Gasteiger partial charge < -0.3 is 10.1 Å². The van der Waals surface area contributed by atoms with Gasteiger partial charge in [-0.1, -0.05) is 48.0 Å². The van der Waals surface area contributed by atoms with Crippen LogP contribution in [-0.2, 0) is 11.2 Å². The van der Waals surface area contributed by atoms with E-state index >= 15 is 0 Å². The molecule has 1 amide bonds. The number of carbonyl (C=O) groups is 1. The van der Waals surface area contributed by atoms with E-state index < -0.39 is 5.82 Å². The maximum atomic E-state index is 13.7. The standard InChI is InChI=1S/C20H17ClFNO2/c21-18-6-3-7-19(22)17(18)13-20(24)23-10-11-25-16-9-8-14-4-1-2-5-15(14)12-16/h1-9,12H,10-11,13H2,(H,23,24). The lowest BCUT2D eigenvalue weighted by Crippen LogP contribution is -2.29. The van der Waals surface area contributed by atoms with Crippen LogP contribution in [0.1, 0.15) is 5.56 Å². The Morgan fingerprint density at radius 1 is 1.04 bits per heavy atom. The van der Waals surface area contributed by atoms with Gasteiger partial charge in [0, 0.05) is 10.6 Å². The highest BCUT2D eigenvalue weighted by molar-refractivity contribution is 6.31. The molecule has 0 bridgehead atoms. The Morgan fingerprint density at radius 3 is 2.64 bits per heavy atom. The molecule has 0 saturated heterocycles. The Hall–Kier alpha value is -2.59. The number of fused-ring (bicyclic) bond motifs is 1. The molecule has 0 heterocycles. The van der Waals surface area contributed by atoms with E-state index in [9.17, 15) is 9.18 Å². The van der Waals surface area contributed by atoms with Crippen LogP contribution in [-0.4, -0.2) is 19.1 Å². The van der Waals surface area contributed by atoms with Crippen LogP contribution in [0.4, 0.5) is 4.39 Å². The number of hydrogen-bond acceptors (Lipinski definition) is 2. The van der Waals surface area contributed by atoms with Gasteiger partial charge in [0.25, 0.3) is 0 Å². The average molecular weight is 358 g/mol. The molecule has 5 heteroatoms. The summed E-state index contributed by atoms with van der Waals surface area (Å²) in [6.45, 7) is 0.660. The summed E-state index contributed by atoms with van der Waals surface area (Å²) in [5.74, 6) is -0.0331. The molecule has 128 valence electrons. The maximum absolute atomic E-state index is 13.7. The summed E-state index contributed by atoms with van der Waals surface area (Å²) in [5, 5.41) is 5.20. The van der Waals surface area contributed by atoms with Gasteiger partial charge in [0.2, 0.25) is 5.91 Å². The van der Waals surface area contributed by atoms with Crippen LogP contribution in [0.2, 0.25) is 5.02 Å². The molecular formula is C20H17ClFNO2. The third-order valence-electron chi connectivity index (χ3n) is 3.81. The molecule has 3 aromatic rings. The largest absolute Gasteiger partial charge is 0.492 e. The van der Waals surface area contributed by atoms with Crippen molar-refractivity contribution in [3.63, 3.8) is 0 Å². The molecule has 0 aliphatic heterocycles. The van der Waals surface area contributed by atoms with Crippen molar-refractivity contribution in [2.45, 2.75) is 6.42 Å². The molecule has 0 atom stereocenters. The maximum Gasteiger partial charge on any atom is 0.224 e. The van der Waals surface area contributed by atoms with Gasteiger partial charge in [-0.15, -0.1) is 0 Å². The zero-order valence-electron chi connectivity index (χ0n) is 13.5. The molecule has 0 radical (unpaired) electrons. The fraction of sp³-hybridized carbons (Fsp3) is 0.150. The predicted octanol–water partition coefficient (Wildman–Crippen LogP) is 4.37. The van der Waals surface area contributed by atoms with E-state index in [1.165, 1.54) is 12.1 Å². The van der Waals surface area contributed by atoms with E-state index in [2.05, 4.69) is 5.32 Å². The number of ether oxygens (including phenoxy) is 1. The fourth-order valence-corrected chi connectivity index (χ4v) is 2.77. The van der Waals surface area contributed by atoms with Crippen LogP contribution in [0, 0.1) is 5.82 Å². The summed E-state index contributed by atoms with van der Waals surface area (Å²) in [6.07, 6.45) is -0.0958. The molecule has 3 rings (SSSR count). The number of halogens is 2. The Labute approximate surface area is 150 Å². The van der Waals surface area contributed by atoms with Gasteiger partial charge in [-0.05, 0) is 35.0 Å². The van der Waals surface area contributed by atoms with Crippen molar-refractivity contribution in [3.05, 3.63) is 77.1 Å². The number of amides is 1. The highest BCUT2D eigenvalue weighted by atomic mass is 35.5. The topological polar surface area (TPSA) is 38.3 Å². The van der Waals surface area contributed by atoms with E-state index in [4.69, 9.17) is 16.3 Å². The van der Waals surface area contributed by atoms with Crippen molar-refractivity contribution >= 4 is 28.3 Å². The molecule has 0 aliphatic rings. The number of nitrogens with one attached hydrogen (secondary N) is 1. The van der Waals surface area contributed by atoms with Crippen molar-refractivity contribution in [1.82, 2.24) is 5.32 Å². The third kappa shape index (κ3) is 4.48. The van der Waals surface area contributed by atoms with Crippen molar-refractivity contribution in [3.8, 4) is 5.75 Å². The number of rotatable bonds is 6. The van der Waals surface area contributed by atoms with E-state index in [-0.39, 0.29) is 22.9 Å². The second kappa shape index (κ2) is 7.99. The van der Waals surface area contributed by atoms with Crippen LogP contribution in [0.25, 0.3) is 10.8 Å². The quantitative estimate of drug-likeness (QED) is 0.665. The van der Waals surface area contributed by atoms with Gasteiger partial charge in [0.15, 0.2) is 0 Å². The molecule has 0 spiro atoms. The van der Waals surface area contributed by atoms with Gasteiger partial charge in [-0.3, -0.25) is 4.79 Å². The van der Waals surface area contributed by atoms with Crippen molar-refractivity contribution in [1.29, 1.82) is 0 Å². The second-order valence-corrected chi connectivity index (χ2v) is 5.99. The summed E-state index contributed by atoms with van der Waals surface area (Å²) < 4.78 is 19.3. The molecular weight excluding hydrogens is 341 g/mol. The summed E-state index contributed by atoms with van der Waals surface area (Å²) >= 11 is 5.92. The number of carbonyl (C=O) groups excluding carboxylic acids is 1. The van der Waals surface area contributed by atoms with Crippen LogP contribution < -0.4 is 10.1 Å². The minimum atomic E-state index is -0.477. The minimum Gasteiger partial charge on any atom is -0.492 e. The lowest BCUT2D eigenvalue weighted by molar-refractivity contribution is -0.120. The minimum absolute atomic E-state index is 0.0958. The highest BCUT2D eigenvalue weighted by Gasteiger charge is 2.11. The zero-order chi connectivity index (χ0) is 17.6. The van der Waals surface area contributed by atoms with Crippen LogP contribution in [0.5, 0.6) is 5.75 Å². The molecule has 25 heavy (non-hydrogen) atoms. The van der Waals surface area contributed by atoms with Gasteiger partial charge in [-0.2, -0.15) is 0 Å². The lowest BCUT2D eigenvalue weighted by Gasteiger charge is -2.09. The molecule has 3 nitrogen and oxygen atoms in total. The van der Waals surface area contributed by atoms with Crippen LogP contribution in [0.3, 0.4) is 0 Å². The van der Waals surface area contributed by atoms with Gasteiger partial charge in [0.1, 0.15) is 18.2 Å². The summed E-state index contributed by atoms with van der Waals surface area (Å²) in [4.78, 5) is 11.9. The summed E-state index contributed by atoms with van der Waals surface area (Å²) in [7, 11) is 0. The van der Waals surface area contributed by atoms with E-state index in [1.807, 2.05) is 42.5 Å². The van der Waals surface area contributed by atoms with Crippen LogP contribution in [0.15, 0.2) is 60.7 Å². The lowest BCUT2D eigenvalue weighted by atomic mass is 10.1. The van der Waals surface area contributed by atoms with E-state index in [1.54, 1.807) is 6.07 Å². The Balaban J connectivity index is 1.48. The van der Waals surface area contributed by atoms with E-state index in [0.29, 0.717) is 13.2 Å². The van der Waals surface area contributed by atoms with Crippen molar-refractivity contribution in [2.24, 2.45) is 0 Å². The first-order chi connectivity index (χ1) is 12.1. The normalized spacial score (nSPS) is 10.6. The first-order valence-corrected chi connectivity index (χ1v) is 8.32. The van der Waals surface area contributed by atoms with E-state index in [0.717, 1.165) is 16.5 Å². The number of benzene rings is 3. The van der Waals surface area contributed by atoms with Crippen molar-refractivity contribution < 1.29 is 13.9 Å². The summed E-state index contributed by atoms with van der Waals surface area (Å²) in [6, 6.07) is 18.2. The van der Waals surface area contributed by atoms with Gasteiger partial charge in [0.05, 0.1) is 13.0 Å². The number of hydrogen-bond donors (Lipinski definition) is 1. The predicted molar refractivity (Wildman–Crippen MR) is 97.6 cm³/mol. The Morgan fingerprint density at radius 2 is 1.84 bits per heavy atom. The highest BCUT2D eigenvalue weighted by Crippen LogP contribution is 2.21. The molecule has 0 aliphatic carbocycles. The Bertz CT molecular complexity index is 878. The van der Waals surface area contributed by atoms with Gasteiger partial charge in [-0.25, -0.2) is 4.39 Å². The smallest absolute Gasteiger partial charge is 0.224 e. The van der Waals surface area contributed by atoms with Gasteiger partial charge >= 0.3 is 0 Å². The fourth-order valence-electron chi connectivity index (χ4n) is 2.54. The molecule has 0 fully saturated rings. The monoisotopic (exact) mass is 357 g/mol. The second-order valence-electron chi connectivity index (χ2n) is 5.58. The third-order valence-corrected chi connectivity index (χ3v) is 4.17.